The normalized spacial score (nSPS) is 16.2. The third kappa shape index (κ3) is 6.07. The summed E-state index contributed by atoms with van der Waals surface area (Å²) < 4.78 is 18.2. The lowest BCUT2D eigenvalue weighted by atomic mass is 9.96. The van der Waals surface area contributed by atoms with Gasteiger partial charge in [-0.3, -0.25) is 4.79 Å². The van der Waals surface area contributed by atoms with Gasteiger partial charge in [-0.1, -0.05) is 54.6 Å². The molecule has 1 unspecified atom stereocenters. The monoisotopic (exact) mass is 518 g/mol. The molecule has 0 fully saturated rings. The van der Waals surface area contributed by atoms with Crippen molar-refractivity contribution in [2.24, 2.45) is 0 Å². The summed E-state index contributed by atoms with van der Waals surface area (Å²) in [6, 6.07) is 16.1. The van der Waals surface area contributed by atoms with Crippen LogP contribution in [0.1, 0.15) is 63.4 Å². The molecule has 8 nitrogen and oxygen atoms in total. The summed E-state index contributed by atoms with van der Waals surface area (Å²) >= 11 is 0. The van der Waals surface area contributed by atoms with Crippen molar-refractivity contribution >= 4 is 35.1 Å². The molecule has 1 amide bonds. The van der Waals surface area contributed by atoms with Crippen LogP contribution in [0.25, 0.3) is 17.0 Å². The van der Waals surface area contributed by atoms with Gasteiger partial charge in [0, 0.05) is 17.5 Å². The molecular formula is C30H34N2O6. The molecule has 1 aliphatic heterocycles. The van der Waals surface area contributed by atoms with Crippen LogP contribution < -0.4 is 0 Å². The van der Waals surface area contributed by atoms with Crippen molar-refractivity contribution in [2.75, 3.05) is 13.2 Å². The van der Waals surface area contributed by atoms with Crippen LogP contribution in [-0.4, -0.2) is 46.4 Å². The SMILES string of the molecule is CCOC(=O)CC1c2c(n(C(=O)OC(C)(C)C)c3ccccc23)/C=C\CCN1C(=O)OCc1ccccc1. The lowest BCUT2D eigenvalue weighted by Crippen LogP contribution is -2.38. The lowest BCUT2D eigenvalue weighted by Gasteiger charge is -2.32. The van der Waals surface area contributed by atoms with E-state index in [1.54, 1.807) is 11.8 Å². The van der Waals surface area contributed by atoms with E-state index in [-0.39, 0.29) is 19.6 Å². The van der Waals surface area contributed by atoms with Crippen LogP contribution in [0, 0.1) is 0 Å². The maximum absolute atomic E-state index is 13.5. The van der Waals surface area contributed by atoms with Crippen molar-refractivity contribution < 1.29 is 28.6 Å². The van der Waals surface area contributed by atoms with Gasteiger partial charge in [0.2, 0.25) is 0 Å². The largest absolute Gasteiger partial charge is 0.466 e. The first-order valence-electron chi connectivity index (χ1n) is 12.9. The number of fused-ring (bicyclic) bond motifs is 3. The van der Waals surface area contributed by atoms with E-state index < -0.39 is 29.8 Å². The Kier molecular flexibility index (Phi) is 8.20. The quantitative estimate of drug-likeness (QED) is 0.284. The molecule has 0 N–H and O–H groups in total. The van der Waals surface area contributed by atoms with E-state index >= 15 is 0 Å². The number of hydrogen-bond acceptors (Lipinski definition) is 6. The number of carbonyl (C=O) groups excluding carboxylic acids is 3. The summed E-state index contributed by atoms with van der Waals surface area (Å²) in [6.45, 7) is 7.82. The van der Waals surface area contributed by atoms with Crippen molar-refractivity contribution in [2.45, 2.75) is 58.8 Å². The fourth-order valence-corrected chi connectivity index (χ4v) is 4.63. The Morgan fingerprint density at radius 3 is 2.37 bits per heavy atom. The molecule has 0 spiro atoms. The van der Waals surface area contributed by atoms with Crippen molar-refractivity contribution in [1.82, 2.24) is 9.47 Å². The topological polar surface area (TPSA) is 87.1 Å². The highest BCUT2D eigenvalue weighted by Crippen LogP contribution is 2.39. The molecule has 200 valence electrons. The van der Waals surface area contributed by atoms with Gasteiger partial charge in [0.15, 0.2) is 0 Å². The molecule has 2 aromatic carbocycles. The number of hydrogen-bond donors (Lipinski definition) is 0. The standard InChI is InChI=1S/C30H34N2O6/c1-5-36-26(33)19-25-27-22-15-9-10-16-23(22)32(29(35)38-30(2,3)4)24(27)17-11-12-18-31(25)28(34)37-20-21-13-7-6-8-14-21/h6-11,13-17,25H,5,12,18-20H2,1-4H3/b17-11-. The Labute approximate surface area is 222 Å². The summed E-state index contributed by atoms with van der Waals surface area (Å²) in [4.78, 5) is 41.3. The number of nitrogens with zero attached hydrogens (tertiary/aromatic N) is 2. The summed E-state index contributed by atoms with van der Waals surface area (Å²) in [5.74, 6) is -0.442. The smallest absolute Gasteiger partial charge is 0.419 e. The molecule has 3 aromatic rings. The molecule has 1 atom stereocenters. The minimum atomic E-state index is -0.717. The van der Waals surface area contributed by atoms with Crippen molar-refractivity contribution in [3.8, 4) is 0 Å². The van der Waals surface area contributed by atoms with Crippen LogP contribution in [0.3, 0.4) is 0 Å². The molecule has 0 radical (unpaired) electrons. The number of amides is 1. The van der Waals surface area contributed by atoms with E-state index in [1.807, 2.05) is 87.5 Å². The molecule has 1 aromatic heterocycles. The third-order valence-electron chi connectivity index (χ3n) is 6.15. The van der Waals surface area contributed by atoms with Gasteiger partial charge in [-0.25, -0.2) is 14.2 Å². The zero-order valence-electron chi connectivity index (χ0n) is 22.3. The van der Waals surface area contributed by atoms with Crippen LogP contribution >= 0.6 is 0 Å². The van der Waals surface area contributed by atoms with Crippen molar-refractivity contribution in [1.29, 1.82) is 0 Å². The lowest BCUT2D eigenvalue weighted by molar-refractivity contribution is -0.144. The molecular weight excluding hydrogens is 484 g/mol. The van der Waals surface area contributed by atoms with Crippen LogP contribution in [0.2, 0.25) is 0 Å². The molecule has 0 saturated heterocycles. The first-order valence-corrected chi connectivity index (χ1v) is 12.9. The average molecular weight is 519 g/mol. The number of esters is 1. The Hall–Kier alpha value is -4.07. The highest BCUT2D eigenvalue weighted by Gasteiger charge is 2.36. The highest BCUT2D eigenvalue weighted by atomic mass is 16.6. The average Bonchev–Trinajstić information content (AvgIpc) is 3.18. The third-order valence-corrected chi connectivity index (χ3v) is 6.15. The summed E-state index contributed by atoms with van der Waals surface area (Å²) in [7, 11) is 0. The van der Waals surface area contributed by atoms with Crippen molar-refractivity contribution in [3.63, 3.8) is 0 Å². The number of aromatic nitrogens is 1. The number of para-hydroxylation sites is 1. The van der Waals surface area contributed by atoms with Gasteiger partial charge in [0.05, 0.1) is 30.3 Å². The summed E-state index contributed by atoms with van der Waals surface area (Å²) in [6.07, 6.45) is 3.12. The van der Waals surface area contributed by atoms with Gasteiger partial charge in [0.1, 0.15) is 12.2 Å². The predicted octanol–water partition coefficient (Wildman–Crippen LogP) is 6.47. The van der Waals surface area contributed by atoms with Crippen LogP contribution in [0.15, 0.2) is 60.7 Å². The van der Waals surface area contributed by atoms with Gasteiger partial charge < -0.3 is 19.1 Å². The van der Waals surface area contributed by atoms with E-state index in [9.17, 15) is 14.4 Å². The Morgan fingerprint density at radius 1 is 0.947 bits per heavy atom. The maximum atomic E-state index is 13.5. The van der Waals surface area contributed by atoms with Crippen molar-refractivity contribution in [3.05, 3.63) is 77.5 Å². The minimum absolute atomic E-state index is 0.0859. The van der Waals surface area contributed by atoms with E-state index in [0.29, 0.717) is 29.7 Å². The maximum Gasteiger partial charge on any atom is 0.419 e. The van der Waals surface area contributed by atoms with Crippen LogP contribution in [0.5, 0.6) is 0 Å². The second-order valence-electron chi connectivity index (χ2n) is 10.1. The zero-order valence-corrected chi connectivity index (χ0v) is 22.3. The first kappa shape index (κ1) is 27.0. The van der Waals surface area contributed by atoms with Crippen LogP contribution in [0.4, 0.5) is 9.59 Å². The fraction of sp³-hybridized carbons (Fsp3) is 0.367. The molecule has 38 heavy (non-hydrogen) atoms. The Bertz CT molecular complexity index is 1340. The molecule has 8 heteroatoms. The Balaban J connectivity index is 1.82. The summed E-state index contributed by atoms with van der Waals surface area (Å²) in [5.41, 5.74) is 2.02. The first-order chi connectivity index (χ1) is 18.2. The molecule has 1 aliphatic rings. The second kappa shape index (κ2) is 11.5. The number of benzene rings is 2. The molecule has 0 aliphatic carbocycles. The minimum Gasteiger partial charge on any atom is -0.466 e. The summed E-state index contributed by atoms with van der Waals surface area (Å²) in [5, 5.41) is 0.745. The molecule has 0 bridgehead atoms. The fourth-order valence-electron chi connectivity index (χ4n) is 4.63. The zero-order chi connectivity index (χ0) is 27.3. The Morgan fingerprint density at radius 2 is 1.66 bits per heavy atom. The number of carbonyl (C=O) groups is 3. The van der Waals surface area contributed by atoms with Gasteiger partial charge in [-0.2, -0.15) is 0 Å². The van der Waals surface area contributed by atoms with E-state index in [1.165, 1.54) is 4.57 Å². The van der Waals surface area contributed by atoms with Gasteiger partial charge in [0.25, 0.3) is 0 Å². The van der Waals surface area contributed by atoms with E-state index in [4.69, 9.17) is 14.2 Å². The number of rotatable bonds is 5. The highest BCUT2D eigenvalue weighted by molar-refractivity contribution is 5.97. The molecule has 2 heterocycles. The van der Waals surface area contributed by atoms with E-state index in [2.05, 4.69) is 0 Å². The molecule has 0 saturated carbocycles. The second-order valence-corrected chi connectivity index (χ2v) is 10.1. The predicted molar refractivity (Wildman–Crippen MR) is 145 cm³/mol. The number of ether oxygens (including phenoxy) is 3. The van der Waals surface area contributed by atoms with Gasteiger partial charge in [-0.05, 0) is 51.8 Å². The molecule has 4 rings (SSSR count). The van der Waals surface area contributed by atoms with Crippen LogP contribution in [-0.2, 0) is 25.6 Å². The van der Waals surface area contributed by atoms with Gasteiger partial charge >= 0.3 is 18.2 Å². The van der Waals surface area contributed by atoms with E-state index in [0.717, 1.165) is 10.9 Å². The van der Waals surface area contributed by atoms with Gasteiger partial charge in [-0.15, -0.1) is 0 Å².